The summed E-state index contributed by atoms with van der Waals surface area (Å²) in [5.74, 6) is 3.04. The lowest BCUT2D eigenvalue weighted by molar-refractivity contribution is -0.125. The third-order valence-corrected chi connectivity index (χ3v) is 2.49. The van der Waals surface area contributed by atoms with Crippen molar-refractivity contribution in [3.05, 3.63) is 17.5 Å². The Hall–Kier alpha value is -1.80. The fourth-order valence-corrected chi connectivity index (χ4v) is 1.37. The standard InChI is InChI=1S/C12H17N3O2/c1-5-6-13-12(16)10(3)15(4)8-11-7-9(2)17-14-11/h1,7,10H,6,8H2,2-4H3,(H,13,16). The third kappa shape index (κ3) is 3.93. The van der Waals surface area contributed by atoms with Gasteiger partial charge in [-0.1, -0.05) is 11.1 Å². The van der Waals surface area contributed by atoms with Crippen LogP contribution in [-0.2, 0) is 11.3 Å². The first-order valence-corrected chi connectivity index (χ1v) is 5.38. The van der Waals surface area contributed by atoms with Crippen molar-refractivity contribution in [1.29, 1.82) is 0 Å². The van der Waals surface area contributed by atoms with Gasteiger partial charge in [-0.15, -0.1) is 6.42 Å². The van der Waals surface area contributed by atoms with Crippen LogP contribution < -0.4 is 5.32 Å². The summed E-state index contributed by atoms with van der Waals surface area (Å²) >= 11 is 0. The zero-order valence-electron chi connectivity index (χ0n) is 10.4. The Labute approximate surface area is 101 Å². The molecule has 1 rings (SSSR count). The fraction of sp³-hybridized carbons (Fsp3) is 0.500. The second-order valence-electron chi connectivity index (χ2n) is 3.94. The van der Waals surface area contributed by atoms with Gasteiger partial charge in [-0.25, -0.2) is 0 Å². The van der Waals surface area contributed by atoms with E-state index in [0.717, 1.165) is 11.5 Å². The van der Waals surface area contributed by atoms with Crippen LogP contribution in [0.4, 0.5) is 0 Å². The highest BCUT2D eigenvalue weighted by molar-refractivity contribution is 5.81. The van der Waals surface area contributed by atoms with Crippen molar-refractivity contribution in [2.75, 3.05) is 13.6 Å². The molecule has 1 unspecified atom stereocenters. The van der Waals surface area contributed by atoms with Gasteiger partial charge in [0.25, 0.3) is 0 Å². The lowest BCUT2D eigenvalue weighted by atomic mass is 10.2. The highest BCUT2D eigenvalue weighted by Gasteiger charge is 2.18. The first-order chi connectivity index (χ1) is 8.04. The van der Waals surface area contributed by atoms with Gasteiger partial charge in [0, 0.05) is 12.6 Å². The number of carbonyl (C=O) groups excluding carboxylic acids is 1. The van der Waals surface area contributed by atoms with Gasteiger partial charge in [0.05, 0.1) is 18.3 Å². The highest BCUT2D eigenvalue weighted by Crippen LogP contribution is 2.06. The average Bonchev–Trinajstić information content (AvgIpc) is 2.70. The molecule has 0 aromatic carbocycles. The quantitative estimate of drug-likeness (QED) is 0.757. The lowest BCUT2D eigenvalue weighted by Gasteiger charge is -2.22. The maximum absolute atomic E-state index is 11.6. The predicted molar refractivity (Wildman–Crippen MR) is 64.0 cm³/mol. The van der Waals surface area contributed by atoms with Crippen LogP contribution in [0.5, 0.6) is 0 Å². The van der Waals surface area contributed by atoms with Gasteiger partial charge in [0.15, 0.2) is 0 Å². The van der Waals surface area contributed by atoms with Crippen molar-refractivity contribution in [3.8, 4) is 12.3 Å². The molecular formula is C12H17N3O2. The van der Waals surface area contributed by atoms with Crippen LogP contribution in [0.15, 0.2) is 10.6 Å². The maximum Gasteiger partial charge on any atom is 0.237 e. The topological polar surface area (TPSA) is 58.4 Å². The summed E-state index contributed by atoms with van der Waals surface area (Å²) in [5, 5.41) is 6.52. The third-order valence-electron chi connectivity index (χ3n) is 2.49. The van der Waals surface area contributed by atoms with Gasteiger partial charge < -0.3 is 9.84 Å². The number of hydrogen-bond acceptors (Lipinski definition) is 4. The number of terminal acetylenes is 1. The molecule has 0 radical (unpaired) electrons. The van der Waals surface area contributed by atoms with E-state index < -0.39 is 0 Å². The number of nitrogens with zero attached hydrogens (tertiary/aromatic N) is 2. The molecule has 17 heavy (non-hydrogen) atoms. The van der Waals surface area contributed by atoms with E-state index in [1.165, 1.54) is 0 Å². The number of likely N-dealkylation sites (N-methyl/N-ethyl adjacent to an activating group) is 1. The largest absolute Gasteiger partial charge is 0.361 e. The van der Waals surface area contributed by atoms with Crippen LogP contribution in [0.2, 0.25) is 0 Å². The van der Waals surface area contributed by atoms with Crippen molar-refractivity contribution in [3.63, 3.8) is 0 Å². The molecule has 1 aromatic rings. The Morgan fingerprint density at radius 1 is 1.76 bits per heavy atom. The predicted octanol–water partition coefficient (Wildman–Crippen LogP) is 0.553. The van der Waals surface area contributed by atoms with Crippen LogP contribution in [0.1, 0.15) is 18.4 Å². The first-order valence-electron chi connectivity index (χ1n) is 5.38. The Kier molecular flexibility index (Phi) is 4.73. The summed E-state index contributed by atoms with van der Waals surface area (Å²) < 4.78 is 4.97. The Bertz CT molecular complexity index is 420. The molecule has 5 heteroatoms. The smallest absolute Gasteiger partial charge is 0.237 e. The highest BCUT2D eigenvalue weighted by atomic mass is 16.5. The van der Waals surface area contributed by atoms with Crippen LogP contribution in [-0.4, -0.2) is 35.6 Å². The van der Waals surface area contributed by atoms with E-state index in [4.69, 9.17) is 10.9 Å². The zero-order chi connectivity index (χ0) is 12.8. The number of nitrogens with one attached hydrogen (secondary N) is 1. The van der Waals surface area contributed by atoms with E-state index in [9.17, 15) is 4.79 Å². The fourth-order valence-electron chi connectivity index (χ4n) is 1.37. The molecule has 5 nitrogen and oxygen atoms in total. The van der Waals surface area contributed by atoms with Gasteiger partial charge in [0.1, 0.15) is 5.76 Å². The number of hydrogen-bond donors (Lipinski definition) is 1. The Morgan fingerprint density at radius 3 is 3.00 bits per heavy atom. The average molecular weight is 235 g/mol. The molecular weight excluding hydrogens is 218 g/mol. The Morgan fingerprint density at radius 2 is 2.47 bits per heavy atom. The lowest BCUT2D eigenvalue weighted by Crippen LogP contribution is -2.43. The molecule has 0 aliphatic heterocycles. The molecule has 1 atom stereocenters. The Balaban J connectivity index is 2.49. The van der Waals surface area contributed by atoms with Crippen molar-refractivity contribution in [2.45, 2.75) is 26.4 Å². The van der Waals surface area contributed by atoms with E-state index in [1.807, 2.05) is 31.9 Å². The molecule has 1 aromatic heterocycles. The molecule has 0 bridgehead atoms. The van der Waals surface area contributed by atoms with E-state index >= 15 is 0 Å². The molecule has 0 aliphatic carbocycles. The van der Waals surface area contributed by atoms with Crippen molar-refractivity contribution in [1.82, 2.24) is 15.4 Å². The molecule has 1 heterocycles. The van der Waals surface area contributed by atoms with Crippen LogP contribution >= 0.6 is 0 Å². The monoisotopic (exact) mass is 235 g/mol. The summed E-state index contributed by atoms with van der Waals surface area (Å²) in [6.45, 7) is 4.46. The van der Waals surface area contributed by atoms with Crippen LogP contribution in [0.25, 0.3) is 0 Å². The van der Waals surface area contributed by atoms with Crippen molar-refractivity contribution in [2.24, 2.45) is 0 Å². The summed E-state index contributed by atoms with van der Waals surface area (Å²) in [6.07, 6.45) is 5.08. The summed E-state index contributed by atoms with van der Waals surface area (Å²) in [4.78, 5) is 13.5. The van der Waals surface area contributed by atoms with Gasteiger partial charge >= 0.3 is 0 Å². The van der Waals surface area contributed by atoms with Gasteiger partial charge in [0.2, 0.25) is 5.91 Å². The second kappa shape index (κ2) is 6.06. The minimum absolute atomic E-state index is 0.0920. The van der Waals surface area contributed by atoms with Crippen LogP contribution in [0.3, 0.4) is 0 Å². The van der Waals surface area contributed by atoms with Crippen molar-refractivity contribution < 1.29 is 9.32 Å². The van der Waals surface area contributed by atoms with Gasteiger partial charge in [-0.3, -0.25) is 9.69 Å². The number of aromatic nitrogens is 1. The maximum atomic E-state index is 11.6. The zero-order valence-corrected chi connectivity index (χ0v) is 10.4. The first kappa shape index (κ1) is 13.3. The molecule has 1 amide bonds. The minimum atomic E-state index is -0.264. The van der Waals surface area contributed by atoms with E-state index in [1.54, 1.807) is 0 Å². The van der Waals surface area contributed by atoms with Gasteiger partial charge in [-0.2, -0.15) is 0 Å². The number of rotatable bonds is 5. The van der Waals surface area contributed by atoms with E-state index in [2.05, 4.69) is 16.4 Å². The van der Waals surface area contributed by atoms with Crippen LogP contribution in [0, 0.1) is 19.3 Å². The van der Waals surface area contributed by atoms with Gasteiger partial charge in [-0.05, 0) is 20.9 Å². The molecule has 0 aliphatic rings. The number of carbonyl (C=O) groups is 1. The summed E-state index contributed by atoms with van der Waals surface area (Å²) in [6, 6.07) is 1.59. The van der Waals surface area contributed by atoms with Crippen molar-refractivity contribution >= 4 is 5.91 Å². The minimum Gasteiger partial charge on any atom is -0.361 e. The normalized spacial score (nSPS) is 12.2. The summed E-state index contributed by atoms with van der Waals surface area (Å²) in [7, 11) is 1.85. The summed E-state index contributed by atoms with van der Waals surface area (Å²) in [5.41, 5.74) is 0.807. The number of amides is 1. The molecule has 0 spiro atoms. The molecule has 0 saturated heterocycles. The van der Waals surface area contributed by atoms with E-state index in [-0.39, 0.29) is 18.5 Å². The number of aryl methyl sites for hydroxylation is 1. The van der Waals surface area contributed by atoms with E-state index in [0.29, 0.717) is 6.54 Å². The second-order valence-corrected chi connectivity index (χ2v) is 3.94. The molecule has 92 valence electrons. The molecule has 1 N–H and O–H groups in total. The SMILES string of the molecule is C#CCNC(=O)C(C)N(C)Cc1cc(C)on1. The molecule has 0 fully saturated rings. The molecule has 0 saturated carbocycles.